The van der Waals surface area contributed by atoms with Gasteiger partial charge in [0.1, 0.15) is 18.0 Å². The van der Waals surface area contributed by atoms with Gasteiger partial charge in [-0.05, 0) is 24.3 Å². The second-order valence-electron chi connectivity index (χ2n) is 5.67. The number of ether oxygens (including phenoxy) is 1. The molecule has 3 rings (SSSR count). The van der Waals surface area contributed by atoms with Gasteiger partial charge in [-0.15, -0.1) is 0 Å². The number of nitrogens with zero attached hydrogens (tertiary/aromatic N) is 3. The summed E-state index contributed by atoms with van der Waals surface area (Å²) in [6.07, 6.45) is 1.71. The zero-order chi connectivity index (χ0) is 17.3. The van der Waals surface area contributed by atoms with Crippen LogP contribution in [-0.2, 0) is 7.05 Å². The molecule has 1 aromatic carbocycles. The molecule has 126 valence electrons. The Morgan fingerprint density at radius 2 is 1.92 bits per heavy atom. The Morgan fingerprint density at radius 3 is 2.50 bits per heavy atom. The van der Waals surface area contributed by atoms with Crippen LogP contribution in [0.25, 0.3) is 0 Å². The molecule has 0 radical (unpaired) electrons. The van der Waals surface area contributed by atoms with Gasteiger partial charge in [0.2, 0.25) is 0 Å². The SMILES string of the molecule is Cn1cc(C(=O)N2C[C@@H](O)[C@H](Oc3ccc(C(=O)O)cc3)C2)cn1. The van der Waals surface area contributed by atoms with Crippen molar-refractivity contribution in [1.29, 1.82) is 0 Å². The molecule has 1 amide bonds. The molecular weight excluding hydrogens is 314 g/mol. The number of aromatic nitrogens is 2. The van der Waals surface area contributed by atoms with Crippen molar-refractivity contribution in [1.82, 2.24) is 14.7 Å². The summed E-state index contributed by atoms with van der Waals surface area (Å²) in [4.78, 5) is 24.7. The van der Waals surface area contributed by atoms with Crippen LogP contribution in [0.2, 0.25) is 0 Å². The van der Waals surface area contributed by atoms with E-state index in [-0.39, 0.29) is 24.6 Å². The summed E-state index contributed by atoms with van der Waals surface area (Å²) in [7, 11) is 1.72. The van der Waals surface area contributed by atoms with Crippen molar-refractivity contribution in [2.75, 3.05) is 13.1 Å². The number of hydrogen-bond donors (Lipinski definition) is 2. The molecule has 1 aromatic heterocycles. The minimum Gasteiger partial charge on any atom is -0.486 e. The minimum atomic E-state index is -1.02. The van der Waals surface area contributed by atoms with Gasteiger partial charge in [-0.3, -0.25) is 9.48 Å². The van der Waals surface area contributed by atoms with Crippen LogP contribution in [-0.4, -0.2) is 62.1 Å². The second-order valence-corrected chi connectivity index (χ2v) is 5.67. The van der Waals surface area contributed by atoms with Crippen LogP contribution < -0.4 is 4.74 Å². The fraction of sp³-hybridized carbons (Fsp3) is 0.312. The predicted octanol–water partition coefficient (Wildman–Crippen LogP) is 0.383. The number of likely N-dealkylation sites (tertiary alicyclic amines) is 1. The Labute approximate surface area is 137 Å². The number of amides is 1. The van der Waals surface area contributed by atoms with Gasteiger partial charge in [0.25, 0.3) is 5.91 Å². The Kier molecular flexibility index (Phi) is 4.22. The molecule has 0 bridgehead atoms. The van der Waals surface area contributed by atoms with Gasteiger partial charge in [-0.1, -0.05) is 0 Å². The van der Waals surface area contributed by atoms with Crippen LogP contribution in [0.3, 0.4) is 0 Å². The van der Waals surface area contributed by atoms with E-state index < -0.39 is 18.2 Å². The van der Waals surface area contributed by atoms with Gasteiger partial charge in [0, 0.05) is 13.2 Å². The van der Waals surface area contributed by atoms with Crippen molar-refractivity contribution in [3.63, 3.8) is 0 Å². The number of carbonyl (C=O) groups excluding carboxylic acids is 1. The van der Waals surface area contributed by atoms with E-state index in [1.165, 1.54) is 40.0 Å². The second kappa shape index (κ2) is 6.32. The summed E-state index contributed by atoms with van der Waals surface area (Å²) in [5.74, 6) is -0.787. The standard InChI is InChI=1S/C16H17N3O5/c1-18-7-11(6-17-18)15(21)19-8-13(20)14(9-19)24-12-4-2-10(3-5-12)16(22)23/h2-7,13-14,20H,8-9H2,1H3,(H,22,23)/t13-,14-/m1/s1. The summed E-state index contributed by atoms with van der Waals surface area (Å²) >= 11 is 0. The highest BCUT2D eigenvalue weighted by atomic mass is 16.5. The van der Waals surface area contributed by atoms with Crippen molar-refractivity contribution in [2.24, 2.45) is 7.05 Å². The molecule has 8 heteroatoms. The Morgan fingerprint density at radius 1 is 1.21 bits per heavy atom. The first-order valence-electron chi connectivity index (χ1n) is 7.40. The van der Waals surface area contributed by atoms with Crippen molar-refractivity contribution < 1.29 is 24.5 Å². The average Bonchev–Trinajstić information content (AvgIpc) is 3.14. The highest BCUT2D eigenvalue weighted by Crippen LogP contribution is 2.21. The van der Waals surface area contributed by atoms with Crippen molar-refractivity contribution in [3.8, 4) is 5.75 Å². The Hall–Kier alpha value is -2.87. The van der Waals surface area contributed by atoms with Gasteiger partial charge in [0.15, 0.2) is 0 Å². The van der Waals surface area contributed by atoms with E-state index in [1.54, 1.807) is 13.2 Å². The molecule has 2 aromatic rings. The number of rotatable bonds is 4. The summed E-state index contributed by atoms with van der Waals surface area (Å²) in [6, 6.07) is 5.92. The number of aryl methyl sites for hydroxylation is 1. The number of β-amino-alcohol motifs (C(OH)–C–C–N with tert-alkyl or cyclic N) is 1. The van der Waals surface area contributed by atoms with Crippen LogP contribution in [0.5, 0.6) is 5.75 Å². The first-order chi connectivity index (χ1) is 11.4. The number of carboxylic acid groups (broad SMARTS) is 1. The number of aromatic carboxylic acids is 1. The lowest BCUT2D eigenvalue weighted by Gasteiger charge is -2.17. The lowest BCUT2D eigenvalue weighted by Crippen LogP contribution is -2.31. The predicted molar refractivity (Wildman–Crippen MR) is 82.9 cm³/mol. The number of carboxylic acids is 1. The molecule has 2 atom stereocenters. The number of benzene rings is 1. The fourth-order valence-corrected chi connectivity index (χ4v) is 2.60. The van der Waals surface area contributed by atoms with Crippen LogP contribution in [0.1, 0.15) is 20.7 Å². The van der Waals surface area contributed by atoms with Crippen LogP contribution >= 0.6 is 0 Å². The third-order valence-electron chi connectivity index (χ3n) is 3.86. The van der Waals surface area contributed by atoms with Gasteiger partial charge < -0.3 is 19.8 Å². The Bertz CT molecular complexity index is 755. The summed E-state index contributed by atoms with van der Waals surface area (Å²) in [6.45, 7) is 0.418. The number of aliphatic hydroxyl groups excluding tert-OH is 1. The Balaban J connectivity index is 1.65. The lowest BCUT2D eigenvalue weighted by atomic mass is 10.2. The lowest BCUT2D eigenvalue weighted by molar-refractivity contribution is 0.0693. The van der Waals surface area contributed by atoms with Gasteiger partial charge in [-0.2, -0.15) is 5.10 Å². The van der Waals surface area contributed by atoms with E-state index in [4.69, 9.17) is 9.84 Å². The third kappa shape index (κ3) is 3.23. The van der Waals surface area contributed by atoms with E-state index in [0.29, 0.717) is 11.3 Å². The van der Waals surface area contributed by atoms with Crippen LogP contribution in [0.4, 0.5) is 0 Å². The maximum Gasteiger partial charge on any atom is 0.335 e. The molecule has 0 aliphatic carbocycles. The van der Waals surface area contributed by atoms with E-state index in [2.05, 4.69) is 5.10 Å². The molecule has 24 heavy (non-hydrogen) atoms. The first-order valence-corrected chi connectivity index (χ1v) is 7.40. The molecule has 1 fully saturated rings. The smallest absolute Gasteiger partial charge is 0.335 e. The maximum absolute atomic E-state index is 12.4. The quantitative estimate of drug-likeness (QED) is 0.839. The minimum absolute atomic E-state index is 0.155. The van der Waals surface area contributed by atoms with Crippen LogP contribution in [0, 0.1) is 0 Å². The zero-order valence-corrected chi connectivity index (χ0v) is 13.0. The molecule has 8 nitrogen and oxygen atoms in total. The normalized spacial score (nSPS) is 20.2. The highest BCUT2D eigenvalue weighted by molar-refractivity contribution is 5.94. The number of hydrogen-bond acceptors (Lipinski definition) is 5. The summed E-state index contributed by atoms with van der Waals surface area (Å²) in [5.41, 5.74) is 0.610. The zero-order valence-electron chi connectivity index (χ0n) is 13.0. The topological polar surface area (TPSA) is 105 Å². The maximum atomic E-state index is 12.4. The molecule has 1 saturated heterocycles. The van der Waals surface area contributed by atoms with Crippen molar-refractivity contribution in [2.45, 2.75) is 12.2 Å². The van der Waals surface area contributed by atoms with E-state index in [0.717, 1.165) is 0 Å². The fourth-order valence-electron chi connectivity index (χ4n) is 2.60. The molecule has 1 aliphatic heterocycles. The van der Waals surface area contributed by atoms with E-state index >= 15 is 0 Å². The first kappa shape index (κ1) is 16.0. The van der Waals surface area contributed by atoms with Gasteiger partial charge >= 0.3 is 5.97 Å². The largest absolute Gasteiger partial charge is 0.486 e. The van der Waals surface area contributed by atoms with Crippen LogP contribution in [0.15, 0.2) is 36.7 Å². The number of carbonyl (C=O) groups is 2. The van der Waals surface area contributed by atoms with Gasteiger partial charge in [0.05, 0.1) is 30.4 Å². The molecule has 2 heterocycles. The summed E-state index contributed by atoms with van der Waals surface area (Å²) in [5, 5.41) is 23.0. The average molecular weight is 331 g/mol. The van der Waals surface area contributed by atoms with Crippen molar-refractivity contribution >= 4 is 11.9 Å². The molecule has 2 N–H and O–H groups in total. The highest BCUT2D eigenvalue weighted by Gasteiger charge is 2.36. The molecule has 0 unspecified atom stereocenters. The van der Waals surface area contributed by atoms with E-state index in [9.17, 15) is 14.7 Å². The molecular formula is C16H17N3O5. The molecule has 0 spiro atoms. The summed E-state index contributed by atoms with van der Waals surface area (Å²) < 4.78 is 7.23. The van der Waals surface area contributed by atoms with Crippen molar-refractivity contribution in [3.05, 3.63) is 47.8 Å². The third-order valence-corrected chi connectivity index (χ3v) is 3.86. The number of aliphatic hydroxyl groups is 1. The monoisotopic (exact) mass is 331 g/mol. The van der Waals surface area contributed by atoms with E-state index in [1.807, 2.05) is 0 Å². The molecule has 0 saturated carbocycles. The molecule has 1 aliphatic rings. The van der Waals surface area contributed by atoms with Gasteiger partial charge in [-0.25, -0.2) is 4.79 Å².